The number of carbonyl (C=O) groups excluding carboxylic acids is 2. The fraction of sp³-hybridized carbons (Fsp3) is 0.500. The molecule has 0 radical (unpaired) electrons. The maximum absolute atomic E-state index is 12.5. The number of rotatable bonds is 8. The van der Waals surface area contributed by atoms with Gasteiger partial charge in [-0.2, -0.15) is 0 Å². The summed E-state index contributed by atoms with van der Waals surface area (Å²) in [6.45, 7) is 9.69. The molecule has 3 fully saturated rings. The minimum Gasteiger partial charge on any atom is -0.369 e. The molecule has 150 valence electrons. The predicted molar refractivity (Wildman–Crippen MR) is 115 cm³/mol. The molecule has 0 amide bonds. The van der Waals surface area contributed by atoms with Gasteiger partial charge in [-0.25, -0.2) is 0 Å². The summed E-state index contributed by atoms with van der Waals surface area (Å²) in [5.74, 6) is 0.625. The van der Waals surface area contributed by atoms with Gasteiger partial charge < -0.3 is 9.80 Å². The van der Waals surface area contributed by atoms with E-state index in [-0.39, 0.29) is 11.7 Å². The highest BCUT2D eigenvalue weighted by Crippen LogP contribution is 2.32. The van der Waals surface area contributed by atoms with E-state index in [1.165, 1.54) is 0 Å². The molecule has 3 heterocycles. The van der Waals surface area contributed by atoms with Crippen molar-refractivity contribution in [1.29, 1.82) is 0 Å². The van der Waals surface area contributed by atoms with Gasteiger partial charge in [-0.1, -0.05) is 38.1 Å². The second kappa shape index (κ2) is 9.22. The monoisotopic (exact) mass is 380 g/mol. The third kappa shape index (κ3) is 4.54. The van der Waals surface area contributed by atoms with Gasteiger partial charge in [-0.05, 0) is 49.0 Å². The largest absolute Gasteiger partial charge is 0.369 e. The molecule has 2 bridgehead atoms. The lowest BCUT2D eigenvalue weighted by atomic mass is 9.84. The van der Waals surface area contributed by atoms with Gasteiger partial charge in [0.2, 0.25) is 0 Å². The quantitative estimate of drug-likeness (QED) is 0.628. The molecular formula is C24H32N2O2. The van der Waals surface area contributed by atoms with Gasteiger partial charge in [0.25, 0.3) is 0 Å². The Morgan fingerprint density at radius 2 is 1.64 bits per heavy atom. The van der Waals surface area contributed by atoms with E-state index in [1.54, 1.807) is 6.92 Å². The summed E-state index contributed by atoms with van der Waals surface area (Å²) in [7, 11) is 0. The van der Waals surface area contributed by atoms with Crippen LogP contribution in [0.1, 0.15) is 57.6 Å². The Kier molecular flexibility index (Phi) is 6.71. The first-order valence-electron chi connectivity index (χ1n) is 10.6. The van der Waals surface area contributed by atoms with Crippen molar-refractivity contribution in [1.82, 2.24) is 9.80 Å². The first-order valence-corrected chi connectivity index (χ1v) is 10.6. The Morgan fingerprint density at radius 3 is 2.14 bits per heavy atom. The zero-order valence-electron chi connectivity index (χ0n) is 17.4. The van der Waals surface area contributed by atoms with E-state index >= 15 is 0 Å². The molecule has 0 N–H and O–H groups in total. The average Bonchev–Trinajstić information content (AvgIpc) is 2.70. The van der Waals surface area contributed by atoms with Crippen molar-refractivity contribution < 1.29 is 9.59 Å². The van der Waals surface area contributed by atoms with E-state index in [9.17, 15) is 9.59 Å². The summed E-state index contributed by atoms with van der Waals surface area (Å²) in [6, 6.07) is 8.15. The van der Waals surface area contributed by atoms with Crippen LogP contribution >= 0.6 is 0 Å². The van der Waals surface area contributed by atoms with Crippen LogP contribution in [0.2, 0.25) is 0 Å². The highest BCUT2D eigenvalue weighted by Gasteiger charge is 2.36. The third-order valence-corrected chi connectivity index (χ3v) is 5.69. The summed E-state index contributed by atoms with van der Waals surface area (Å²) >= 11 is 0. The molecule has 1 aromatic rings. The van der Waals surface area contributed by atoms with Gasteiger partial charge in [0.1, 0.15) is 0 Å². The van der Waals surface area contributed by atoms with Crippen molar-refractivity contribution in [2.45, 2.75) is 46.5 Å². The molecular weight excluding hydrogens is 348 g/mol. The number of hydrogen-bond donors (Lipinski definition) is 0. The molecule has 3 aliphatic rings. The molecule has 3 aliphatic heterocycles. The summed E-state index contributed by atoms with van der Waals surface area (Å²) in [6.07, 6.45) is 8.04. The molecule has 4 heteroatoms. The number of fused-ring (bicyclic) bond motifs is 3. The average molecular weight is 381 g/mol. The van der Waals surface area contributed by atoms with Crippen molar-refractivity contribution in [2.75, 3.05) is 26.2 Å². The van der Waals surface area contributed by atoms with Gasteiger partial charge in [0, 0.05) is 39.0 Å². The van der Waals surface area contributed by atoms with Crippen LogP contribution in [0.4, 0.5) is 0 Å². The van der Waals surface area contributed by atoms with E-state index in [0.717, 1.165) is 74.4 Å². The molecule has 0 aliphatic carbocycles. The van der Waals surface area contributed by atoms with Gasteiger partial charge in [0.05, 0.1) is 11.4 Å². The van der Waals surface area contributed by atoms with Gasteiger partial charge in [-0.3, -0.25) is 9.59 Å². The number of carbonyl (C=O) groups is 2. The van der Waals surface area contributed by atoms with Gasteiger partial charge in [0.15, 0.2) is 11.6 Å². The molecule has 28 heavy (non-hydrogen) atoms. The van der Waals surface area contributed by atoms with E-state index in [0.29, 0.717) is 5.78 Å². The normalized spacial score (nSPS) is 18.8. The number of hydrogen-bond acceptors (Lipinski definition) is 4. The van der Waals surface area contributed by atoms with Crippen LogP contribution < -0.4 is 0 Å². The number of ketones is 2. The molecule has 1 aromatic carbocycles. The molecule has 4 rings (SSSR count). The molecule has 0 aromatic heterocycles. The van der Waals surface area contributed by atoms with E-state index < -0.39 is 0 Å². The summed E-state index contributed by atoms with van der Waals surface area (Å²) in [5, 5.41) is 0. The maximum atomic E-state index is 12.5. The number of benzene rings is 1. The Bertz CT molecular complexity index is 762. The zero-order chi connectivity index (χ0) is 20.1. The van der Waals surface area contributed by atoms with Gasteiger partial charge in [-0.15, -0.1) is 0 Å². The van der Waals surface area contributed by atoms with Gasteiger partial charge >= 0.3 is 0 Å². The third-order valence-electron chi connectivity index (χ3n) is 5.69. The lowest BCUT2D eigenvalue weighted by Gasteiger charge is -2.41. The number of piperidine rings is 3. The van der Waals surface area contributed by atoms with Crippen LogP contribution in [-0.2, 0) is 9.59 Å². The summed E-state index contributed by atoms with van der Waals surface area (Å²) in [5.41, 5.74) is 3.70. The lowest BCUT2D eigenvalue weighted by Crippen LogP contribution is -2.45. The van der Waals surface area contributed by atoms with Crippen LogP contribution in [0.25, 0.3) is 12.2 Å². The van der Waals surface area contributed by atoms with Crippen molar-refractivity contribution in [2.24, 2.45) is 5.92 Å². The first kappa shape index (κ1) is 20.4. The topological polar surface area (TPSA) is 40.6 Å². The lowest BCUT2D eigenvalue weighted by molar-refractivity contribution is -0.125. The highest BCUT2D eigenvalue weighted by atomic mass is 16.1. The molecule has 0 spiro atoms. The van der Waals surface area contributed by atoms with E-state index in [4.69, 9.17) is 0 Å². The first-order chi connectivity index (χ1) is 13.5. The second-order valence-electron chi connectivity index (χ2n) is 7.89. The van der Waals surface area contributed by atoms with Crippen LogP contribution in [0.5, 0.6) is 0 Å². The standard InChI is InChI=1S/C24H32N2O2/c1-4-12-25(13-5-2)22(18(3)27)16-19-6-8-20(9-7-19)17-23-24(28)21-10-14-26(23)15-11-21/h6-9,16-17,21H,4-5,10-15H2,1-3H3/b22-16-,23-17-. The fourth-order valence-electron chi connectivity index (χ4n) is 4.22. The van der Waals surface area contributed by atoms with Crippen molar-refractivity contribution in [3.63, 3.8) is 0 Å². The summed E-state index contributed by atoms with van der Waals surface area (Å²) in [4.78, 5) is 29.1. The maximum Gasteiger partial charge on any atom is 0.182 e. The Hall–Kier alpha value is -2.36. The fourth-order valence-corrected chi connectivity index (χ4v) is 4.22. The second-order valence-corrected chi connectivity index (χ2v) is 7.89. The van der Waals surface area contributed by atoms with Crippen LogP contribution in [0.15, 0.2) is 35.7 Å². The molecule has 0 saturated carbocycles. The Balaban J connectivity index is 1.81. The van der Waals surface area contributed by atoms with E-state index in [1.807, 2.05) is 36.4 Å². The van der Waals surface area contributed by atoms with Crippen molar-refractivity contribution in [3.8, 4) is 0 Å². The van der Waals surface area contributed by atoms with Crippen LogP contribution in [0.3, 0.4) is 0 Å². The number of allylic oxidation sites excluding steroid dienone is 2. The molecule has 4 nitrogen and oxygen atoms in total. The minimum absolute atomic E-state index is 0.102. The number of nitrogens with zero attached hydrogens (tertiary/aromatic N) is 2. The molecule has 0 unspecified atom stereocenters. The minimum atomic E-state index is 0.102. The van der Waals surface area contributed by atoms with Crippen LogP contribution in [0, 0.1) is 5.92 Å². The van der Waals surface area contributed by atoms with Crippen LogP contribution in [-0.4, -0.2) is 47.5 Å². The summed E-state index contributed by atoms with van der Waals surface area (Å²) < 4.78 is 0. The highest BCUT2D eigenvalue weighted by molar-refractivity contribution is 6.02. The molecule has 3 saturated heterocycles. The van der Waals surface area contributed by atoms with Crippen molar-refractivity contribution in [3.05, 3.63) is 46.8 Å². The zero-order valence-corrected chi connectivity index (χ0v) is 17.4. The van der Waals surface area contributed by atoms with Crippen molar-refractivity contribution >= 4 is 23.7 Å². The number of Topliss-reactive ketones (excluding diaryl/α,β-unsaturated/α-hetero) is 2. The smallest absolute Gasteiger partial charge is 0.182 e. The Labute approximate surface area is 168 Å². The van der Waals surface area contributed by atoms with E-state index in [2.05, 4.69) is 23.6 Å². The Morgan fingerprint density at radius 1 is 1.07 bits per heavy atom. The SMILES string of the molecule is CCCN(CCC)/C(=C\c1ccc(/C=C2/C(=O)C3CCN2CC3)cc1)C(C)=O. The molecule has 0 atom stereocenters. The predicted octanol–water partition coefficient (Wildman–Crippen LogP) is 4.37.